The summed E-state index contributed by atoms with van der Waals surface area (Å²) in [6, 6.07) is 0. The summed E-state index contributed by atoms with van der Waals surface area (Å²) in [6.45, 7) is 2.24. The molecule has 0 aromatic rings. The molecule has 2 aliphatic rings. The van der Waals surface area contributed by atoms with Crippen molar-refractivity contribution in [2.75, 3.05) is 13.6 Å². The molecule has 0 spiro atoms. The molecular formula is C13H24N2O2. The van der Waals surface area contributed by atoms with Crippen molar-refractivity contribution in [1.29, 1.82) is 0 Å². The number of carbonyl (C=O) groups is 1. The molecule has 17 heavy (non-hydrogen) atoms. The Morgan fingerprint density at radius 2 is 2.00 bits per heavy atom. The first kappa shape index (κ1) is 12.8. The molecular weight excluding hydrogens is 216 g/mol. The van der Waals surface area contributed by atoms with Crippen LogP contribution in [0.2, 0.25) is 0 Å². The molecule has 2 fully saturated rings. The number of hydrogen-bond donors (Lipinski definition) is 2. The van der Waals surface area contributed by atoms with Gasteiger partial charge in [0.2, 0.25) is 5.91 Å². The second-order valence-electron chi connectivity index (χ2n) is 6.15. The van der Waals surface area contributed by atoms with Gasteiger partial charge in [-0.15, -0.1) is 0 Å². The number of hydrogen-bond acceptors (Lipinski definition) is 3. The Kier molecular flexibility index (Phi) is 3.21. The highest BCUT2D eigenvalue weighted by atomic mass is 16.3. The van der Waals surface area contributed by atoms with Crippen LogP contribution < -0.4 is 5.73 Å². The fourth-order valence-electron chi connectivity index (χ4n) is 2.97. The molecule has 0 saturated heterocycles. The van der Waals surface area contributed by atoms with Gasteiger partial charge in [-0.3, -0.25) is 4.79 Å². The molecule has 4 nitrogen and oxygen atoms in total. The lowest BCUT2D eigenvalue weighted by Gasteiger charge is -2.34. The van der Waals surface area contributed by atoms with Crippen LogP contribution in [0, 0.1) is 5.92 Å². The highest BCUT2D eigenvalue weighted by Crippen LogP contribution is 2.39. The van der Waals surface area contributed by atoms with Crippen molar-refractivity contribution in [2.24, 2.45) is 11.7 Å². The predicted octanol–water partition coefficient (Wildman–Crippen LogP) is 0.877. The van der Waals surface area contributed by atoms with Crippen molar-refractivity contribution < 1.29 is 9.90 Å². The quantitative estimate of drug-likeness (QED) is 0.766. The second kappa shape index (κ2) is 4.25. The van der Waals surface area contributed by atoms with E-state index in [1.807, 2.05) is 6.92 Å². The third-order valence-electron chi connectivity index (χ3n) is 4.30. The maximum atomic E-state index is 12.3. The van der Waals surface area contributed by atoms with Crippen molar-refractivity contribution >= 4 is 5.91 Å². The molecule has 2 saturated carbocycles. The van der Waals surface area contributed by atoms with E-state index in [0.29, 0.717) is 12.5 Å². The largest absolute Gasteiger partial charge is 0.388 e. The van der Waals surface area contributed by atoms with Crippen molar-refractivity contribution in [2.45, 2.75) is 56.6 Å². The van der Waals surface area contributed by atoms with Gasteiger partial charge in [0.05, 0.1) is 11.1 Å². The van der Waals surface area contributed by atoms with Crippen LogP contribution in [-0.4, -0.2) is 40.6 Å². The van der Waals surface area contributed by atoms with Crippen LogP contribution in [-0.2, 0) is 4.79 Å². The smallest absolute Gasteiger partial charge is 0.242 e. The average molecular weight is 240 g/mol. The zero-order valence-electron chi connectivity index (χ0n) is 10.9. The van der Waals surface area contributed by atoms with Crippen molar-refractivity contribution in [3.63, 3.8) is 0 Å². The normalized spacial score (nSPS) is 26.6. The van der Waals surface area contributed by atoms with Crippen LogP contribution in [0.5, 0.6) is 0 Å². The summed E-state index contributed by atoms with van der Waals surface area (Å²) in [6.07, 6.45) is 5.82. The molecule has 0 heterocycles. The highest BCUT2D eigenvalue weighted by molar-refractivity contribution is 5.86. The first-order chi connectivity index (χ1) is 7.85. The van der Waals surface area contributed by atoms with Gasteiger partial charge in [-0.25, -0.2) is 0 Å². The molecule has 1 amide bonds. The lowest BCUT2D eigenvalue weighted by atomic mass is 9.94. The van der Waals surface area contributed by atoms with E-state index < -0.39 is 11.1 Å². The van der Waals surface area contributed by atoms with Crippen LogP contribution in [0.25, 0.3) is 0 Å². The summed E-state index contributed by atoms with van der Waals surface area (Å²) >= 11 is 0. The van der Waals surface area contributed by atoms with E-state index in [4.69, 9.17) is 5.73 Å². The number of rotatable bonds is 4. The average Bonchev–Trinajstić information content (AvgIpc) is 3.02. The molecule has 0 bridgehead atoms. The summed E-state index contributed by atoms with van der Waals surface area (Å²) in [5, 5.41) is 10.3. The Hall–Kier alpha value is -0.610. The van der Waals surface area contributed by atoms with Crippen molar-refractivity contribution in [3.8, 4) is 0 Å². The standard InChI is InChI=1S/C13H24N2O2/c1-12(14,10-5-6-10)11(16)15(2)9-13(17)7-3-4-8-13/h10,17H,3-9,14H2,1-2H3. The third-order valence-corrected chi connectivity index (χ3v) is 4.30. The summed E-state index contributed by atoms with van der Waals surface area (Å²) < 4.78 is 0. The van der Waals surface area contributed by atoms with Crippen LogP contribution >= 0.6 is 0 Å². The number of aliphatic hydroxyl groups is 1. The number of nitrogens with zero attached hydrogens (tertiary/aromatic N) is 1. The van der Waals surface area contributed by atoms with Crippen LogP contribution in [0.1, 0.15) is 45.4 Å². The lowest BCUT2D eigenvalue weighted by Crippen LogP contribution is -2.56. The first-order valence-corrected chi connectivity index (χ1v) is 6.62. The highest BCUT2D eigenvalue weighted by Gasteiger charge is 2.46. The minimum absolute atomic E-state index is 0.0275. The molecule has 1 atom stereocenters. The van der Waals surface area contributed by atoms with Crippen molar-refractivity contribution in [1.82, 2.24) is 4.90 Å². The molecule has 3 N–H and O–H groups in total. The van der Waals surface area contributed by atoms with Gasteiger partial charge in [-0.1, -0.05) is 12.8 Å². The fourth-order valence-corrected chi connectivity index (χ4v) is 2.97. The maximum absolute atomic E-state index is 12.3. The van der Waals surface area contributed by atoms with Crippen LogP contribution in [0.15, 0.2) is 0 Å². The van der Waals surface area contributed by atoms with E-state index in [1.165, 1.54) is 0 Å². The van der Waals surface area contributed by atoms with E-state index in [-0.39, 0.29) is 5.91 Å². The van der Waals surface area contributed by atoms with Gasteiger partial charge in [0.25, 0.3) is 0 Å². The Bertz CT molecular complexity index is 305. The van der Waals surface area contributed by atoms with E-state index in [0.717, 1.165) is 38.5 Å². The summed E-state index contributed by atoms with van der Waals surface area (Å²) in [5.41, 5.74) is 4.69. The van der Waals surface area contributed by atoms with Gasteiger partial charge in [0.15, 0.2) is 0 Å². The Balaban J connectivity index is 1.95. The summed E-state index contributed by atoms with van der Waals surface area (Å²) in [4.78, 5) is 13.9. The molecule has 1 unspecified atom stereocenters. The molecule has 0 aromatic carbocycles. The number of amides is 1. The van der Waals surface area contributed by atoms with E-state index in [2.05, 4.69) is 0 Å². The van der Waals surface area contributed by atoms with Gasteiger partial charge in [0, 0.05) is 13.6 Å². The van der Waals surface area contributed by atoms with Gasteiger partial charge >= 0.3 is 0 Å². The predicted molar refractivity (Wildman–Crippen MR) is 66.4 cm³/mol. The zero-order chi connectivity index (χ0) is 12.7. The summed E-state index contributed by atoms with van der Waals surface area (Å²) in [5.74, 6) is 0.302. The van der Waals surface area contributed by atoms with E-state index >= 15 is 0 Å². The number of carbonyl (C=O) groups excluding carboxylic acids is 1. The monoisotopic (exact) mass is 240 g/mol. The van der Waals surface area contributed by atoms with Gasteiger partial charge in [0.1, 0.15) is 0 Å². The SMILES string of the molecule is CN(CC1(O)CCCC1)C(=O)C(C)(N)C1CC1. The van der Waals surface area contributed by atoms with Gasteiger partial charge in [-0.05, 0) is 38.5 Å². The molecule has 0 aromatic heterocycles. The number of nitrogens with two attached hydrogens (primary N) is 1. The molecule has 98 valence electrons. The van der Waals surface area contributed by atoms with Gasteiger partial charge in [-0.2, -0.15) is 0 Å². The zero-order valence-corrected chi connectivity index (χ0v) is 10.9. The summed E-state index contributed by atoms with van der Waals surface area (Å²) in [7, 11) is 1.76. The van der Waals surface area contributed by atoms with Crippen LogP contribution in [0.4, 0.5) is 0 Å². The van der Waals surface area contributed by atoms with Gasteiger partial charge < -0.3 is 15.7 Å². The van der Waals surface area contributed by atoms with Crippen LogP contribution in [0.3, 0.4) is 0 Å². The minimum atomic E-state index is -0.746. The second-order valence-corrected chi connectivity index (χ2v) is 6.15. The first-order valence-electron chi connectivity index (χ1n) is 6.62. The third kappa shape index (κ3) is 2.63. The lowest BCUT2D eigenvalue weighted by molar-refractivity contribution is -0.139. The topological polar surface area (TPSA) is 66.6 Å². The minimum Gasteiger partial charge on any atom is -0.388 e. The fraction of sp³-hybridized carbons (Fsp3) is 0.923. The number of likely N-dealkylation sites (N-methyl/N-ethyl adjacent to an activating group) is 1. The molecule has 4 heteroatoms. The Labute approximate surface area is 103 Å². The van der Waals surface area contributed by atoms with Crippen molar-refractivity contribution in [3.05, 3.63) is 0 Å². The Morgan fingerprint density at radius 1 is 1.47 bits per heavy atom. The molecule has 0 radical (unpaired) electrons. The molecule has 0 aliphatic heterocycles. The Morgan fingerprint density at radius 3 is 2.47 bits per heavy atom. The van der Waals surface area contributed by atoms with E-state index in [9.17, 15) is 9.90 Å². The van der Waals surface area contributed by atoms with E-state index in [1.54, 1.807) is 11.9 Å². The molecule has 2 rings (SSSR count). The maximum Gasteiger partial charge on any atom is 0.242 e. The molecule has 2 aliphatic carbocycles.